The van der Waals surface area contributed by atoms with Crippen LogP contribution in [0, 0.1) is 5.41 Å². The van der Waals surface area contributed by atoms with Crippen molar-refractivity contribution in [3.63, 3.8) is 0 Å². The third-order valence-corrected chi connectivity index (χ3v) is 7.10. The van der Waals surface area contributed by atoms with Gasteiger partial charge in [-0.2, -0.15) is 9.42 Å². The molecule has 1 aliphatic rings. The Morgan fingerprint density at radius 1 is 1.16 bits per heavy atom. The van der Waals surface area contributed by atoms with Crippen molar-refractivity contribution in [1.29, 1.82) is 0 Å². The van der Waals surface area contributed by atoms with E-state index in [1.54, 1.807) is 29.8 Å². The quantitative estimate of drug-likeness (QED) is 0.506. The van der Waals surface area contributed by atoms with Crippen molar-refractivity contribution < 1.29 is 19.6 Å². The Hall–Kier alpha value is -2.15. The van der Waals surface area contributed by atoms with Crippen LogP contribution in [-0.2, 0) is 16.5 Å². The number of aromatic nitrogens is 2. The lowest BCUT2D eigenvalue weighted by atomic mass is 9.89. The summed E-state index contributed by atoms with van der Waals surface area (Å²) in [5.41, 5.74) is 1.26. The summed E-state index contributed by atoms with van der Waals surface area (Å²) in [7, 11) is -3.42. The molecule has 0 radical (unpaired) electrons. The van der Waals surface area contributed by atoms with E-state index in [2.05, 4.69) is 35.8 Å². The molecule has 8 nitrogen and oxygen atoms in total. The van der Waals surface area contributed by atoms with E-state index in [0.29, 0.717) is 23.4 Å². The lowest BCUT2D eigenvalue weighted by molar-refractivity contribution is 0.318. The molecule has 1 unspecified atom stereocenters. The van der Waals surface area contributed by atoms with E-state index < -0.39 is 13.3 Å². The van der Waals surface area contributed by atoms with Crippen LogP contribution < -0.4 is 10.8 Å². The molecule has 0 aliphatic carbocycles. The van der Waals surface area contributed by atoms with Crippen LogP contribution in [0.1, 0.15) is 66.1 Å². The summed E-state index contributed by atoms with van der Waals surface area (Å²) >= 11 is 0. The summed E-state index contributed by atoms with van der Waals surface area (Å²) in [6, 6.07) is 3.50. The van der Waals surface area contributed by atoms with E-state index >= 15 is 0 Å². The number of anilines is 1. The van der Waals surface area contributed by atoms with Gasteiger partial charge in [0.15, 0.2) is 11.6 Å². The Balaban J connectivity index is 2.19. The maximum atomic E-state index is 11.2. The second-order valence-electron chi connectivity index (χ2n) is 10.0. The third-order valence-electron chi connectivity index (χ3n) is 5.10. The molecule has 31 heavy (non-hydrogen) atoms. The molecule has 2 aromatic heterocycles. The zero-order chi connectivity index (χ0) is 23.2. The maximum absolute atomic E-state index is 11.2. The smallest absolute Gasteiger partial charge is 0.452 e. The van der Waals surface area contributed by atoms with Crippen molar-refractivity contribution in [2.45, 2.75) is 66.8 Å². The number of nitrogens with zero attached hydrogens (tertiary/aromatic N) is 3. The minimum Gasteiger partial charge on any atom is -0.505 e. The zero-order valence-electron chi connectivity index (χ0n) is 19.4. The lowest BCUT2D eigenvalue weighted by Gasteiger charge is -2.25. The van der Waals surface area contributed by atoms with Crippen molar-refractivity contribution in [3.05, 3.63) is 29.6 Å². The molecular formula is C22H34N4O4P+. The van der Waals surface area contributed by atoms with E-state index in [-0.39, 0.29) is 35.1 Å². The Bertz CT molecular complexity index is 1000. The average molecular weight is 450 g/mol. The van der Waals surface area contributed by atoms with Gasteiger partial charge < -0.3 is 20.1 Å². The second-order valence-corrected chi connectivity index (χ2v) is 12.0. The van der Waals surface area contributed by atoms with Crippen LogP contribution in [-0.4, -0.2) is 37.1 Å². The van der Waals surface area contributed by atoms with Crippen LogP contribution in [0.5, 0.6) is 11.6 Å². The molecule has 0 saturated carbocycles. The molecular weight excluding hydrogens is 415 g/mol. The molecule has 4 N–H and O–H groups in total. The van der Waals surface area contributed by atoms with Gasteiger partial charge in [-0.3, -0.25) is 0 Å². The van der Waals surface area contributed by atoms with E-state index in [9.17, 15) is 15.1 Å². The first-order valence-corrected chi connectivity index (χ1v) is 12.1. The highest BCUT2D eigenvalue weighted by Gasteiger charge is 2.51. The van der Waals surface area contributed by atoms with Crippen LogP contribution in [0.4, 0.5) is 5.69 Å². The van der Waals surface area contributed by atoms with Gasteiger partial charge in [0.25, 0.3) is 5.44 Å². The van der Waals surface area contributed by atoms with Crippen LogP contribution >= 0.6 is 7.87 Å². The van der Waals surface area contributed by atoms with Gasteiger partial charge in [-0.05, 0) is 35.7 Å². The first-order chi connectivity index (χ1) is 14.3. The summed E-state index contributed by atoms with van der Waals surface area (Å²) in [6.45, 7) is 14.9. The number of hydrogen-bond acceptors (Lipinski definition) is 7. The molecule has 1 atom stereocenters. The molecule has 9 heteroatoms. The molecule has 3 rings (SSSR count). The fourth-order valence-corrected chi connectivity index (χ4v) is 5.40. The number of rotatable bonds is 5. The number of pyridine rings is 1. The SMILES string of the molecule is CCO[P+]1(O)N=C(c2c(O)c(C(C)(C)C)n(CCC(C)(C)C)c2O)Nc2cccnc21. The first-order valence-electron chi connectivity index (χ1n) is 10.5. The van der Waals surface area contributed by atoms with Gasteiger partial charge in [0.1, 0.15) is 11.3 Å². The number of nitrogens with one attached hydrogen (secondary N) is 1. The molecule has 3 heterocycles. The molecule has 2 aromatic rings. The van der Waals surface area contributed by atoms with Crippen LogP contribution in [0.3, 0.4) is 0 Å². The van der Waals surface area contributed by atoms with Gasteiger partial charge >= 0.3 is 7.87 Å². The minimum absolute atomic E-state index is 0.0492. The van der Waals surface area contributed by atoms with Gasteiger partial charge in [-0.1, -0.05) is 41.5 Å². The molecule has 1 aliphatic heterocycles. The van der Waals surface area contributed by atoms with Crippen LogP contribution in [0.15, 0.2) is 23.1 Å². The third kappa shape index (κ3) is 4.56. The molecule has 0 aromatic carbocycles. The van der Waals surface area contributed by atoms with Crippen molar-refractivity contribution >= 4 is 24.8 Å². The topological polar surface area (TPSA) is 112 Å². The van der Waals surface area contributed by atoms with E-state index in [4.69, 9.17) is 4.52 Å². The number of aromatic hydroxyl groups is 2. The standard InChI is InChI=1S/C22H33N4O4P/c1-8-30-31(29)19-14(10-9-12-23-19)24-18(25-31)15-16(27)17(22(5,6)7)26(20(15)28)13-11-21(2,3)4/h9-10,12,29H,8,11,13H2,1-7H3,(H2-,24,25,27,28)/p+1. The Morgan fingerprint density at radius 3 is 2.42 bits per heavy atom. The van der Waals surface area contributed by atoms with Gasteiger partial charge in [-0.15, -0.1) is 0 Å². The Morgan fingerprint density at radius 2 is 1.84 bits per heavy atom. The fraction of sp³-hybridized carbons (Fsp3) is 0.545. The largest absolute Gasteiger partial charge is 0.505 e. The van der Waals surface area contributed by atoms with Crippen molar-refractivity contribution in [3.8, 4) is 11.6 Å². The van der Waals surface area contributed by atoms with Gasteiger partial charge in [0.2, 0.25) is 5.88 Å². The maximum Gasteiger partial charge on any atom is 0.452 e. The van der Waals surface area contributed by atoms with E-state index in [0.717, 1.165) is 6.42 Å². The summed E-state index contributed by atoms with van der Waals surface area (Å²) in [5.74, 6) is 0.0219. The molecule has 0 saturated heterocycles. The van der Waals surface area contributed by atoms with E-state index in [1.807, 2.05) is 20.8 Å². The minimum atomic E-state index is -3.42. The Kier molecular flexibility index (Phi) is 6.13. The zero-order valence-corrected chi connectivity index (χ0v) is 20.3. The van der Waals surface area contributed by atoms with Crippen LogP contribution in [0.25, 0.3) is 0 Å². The number of fused-ring (bicyclic) bond motifs is 1. The lowest BCUT2D eigenvalue weighted by Crippen LogP contribution is -2.30. The highest BCUT2D eigenvalue weighted by Crippen LogP contribution is 2.59. The predicted octanol–water partition coefficient (Wildman–Crippen LogP) is 4.32. The van der Waals surface area contributed by atoms with Crippen molar-refractivity contribution in [2.75, 3.05) is 11.9 Å². The number of amidine groups is 1. The van der Waals surface area contributed by atoms with Crippen LogP contribution in [0.2, 0.25) is 0 Å². The summed E-state index contributed by atoms with van der Waals surface area (Å²) in [4.78, 5) is 15.5. The second kappa shape index (κ2) is 8.08. The normalized spacial score (nSPS) is 19.0. The molecule has 0 bridgehead atoms. The van der Waals surface area contributed by atoms with E-state index in [1.165, 1.54) is 0 Å². The number of hydrogen-bond donors (Lipinski definition) is 4. The van der Waals surface area contributed by atoms with Gasteiger partial charge in [0, 0.05) is 18.2 Å². The monoisotopic (exact) mass is 449 g/mol. The molecule has 0 amide bonds. The molecule has 170 valence electrons. The Labute approximate surface area is 184 Å². The fourth-order valence-electron chi connectivity index (χ4n) is 3.68. The first kappa shape index (κ1) is 23.5. The highest BCUT2D eigenvalue weighted by molar-refractivity contribution is 7.72. The van der Waals surface area contributed by atoms with Gasteiger partial charge in [0.05, 0.1) is 12.3 Å². The molecule has 0 spiro atoms. The highest BCUT2D eigenvalue weighted by atomic mass is 31.2. The summed E-state index contributed by atoms with van der Waals surface area (Å²) in [5, 5.41) is 25.6. The predicted molar refractivity (Wildman–Crippen MR) is 125 cm³/mol. The summed E-state index contributed by atoms with van der Waals surface area (Å²) < 4.78 is 11.8. The summed E-state index contributed by atoms with van der Waals surface area (Å²) in [6.07, 6.45) is 2.38. The van der Waals surface area contributed by atoms with Crippen molar-refractivity contribution in [1.82, 2.24) is 9.55 Å². The van der Waals surface area contributed by atoms with Gasteiger partial charge in [-0.25, -0.2) is 4.98 Å². The van der Waals surface area contributed by atoms with Crippen molar-refractivity contribution in [2.24, 2.45) is 10.2 Å². The molecule has 0 fully saturated rings. The average Bonchev–Trinajstić information content (AvgIpc) is 2.89.